The maximum absolute atomic E-state index is 12.6. The maximum Gasteiger partial charge on any atom is 0.339 e. The molecule has 0 aliphatic rings. The lowest BCUT2D eigenvalue weighted by Gasteiger charge is -2.22. The van der Waals surface area contributed by atoms with Crippen molar-refractivity contribution in [2.24, 2.45) is 5.73 Å². The first-order valence-electron chi connectivity index (χ1n) is 6.83. The fraction of sp³-hybridized carbons (Fsp3) is 0.312. The lowest BCUT2D eigenvalue weighted by molar-refractivity contribution is -0.154. The molecule has 118 valence electrons. The van der Waals surface area contributed by atoms with Gasteiger partial charge in [-0.05, 0) is 32.2 Å². The van der Waals surface area contributed by atoms with Crippen LogP contribution < -0.4 is 5.73 Å². The maximum atomic E-state index is 12.6. The minimum absolute atomic E-state index is 0.0314. The highest BCUT2D eigenvalue weighted by Gasteiger charge is 2.35. The second-order valence-electron chi connectivity index (χ2n) is 5.98. The van der Waals surface area contributed by atoms with Crippen LogP contribution in [0.2, 0.25) is 0 Å². The Morgan fingerprint density at radius 1 is 1.09 bits per heavy atom. The van der Waals surface area contributed by atoms with Gasteiger partial charge in [0.25, 0.3) is 0 Å². The second kappa shape index (κ2) is 5.70. The highest BCUT2D eigenvalue weighted by atomic mass is 32.2. The van der Waals surface area contributed by atoms with Crippen molar-refractivity contribution in [3.63, 3.8) is 0 Å². The average Bonchev–Trinajstić information content (AvgIpc) is 2.44. The van der Waals surface area contributed by atoms with Gasteiger partial charge in [-0.2, -0.15) is 0 Å². The molecular weight excluding hydrogens is 302 g/mol. The molecule has 0 aliphatic carbocycles. The van der Waals surface area contributed by atoms with Crippen molar-refractivity contribution >= 4 is 26.6 Å². The second-order valence-corrected chi connectivity index (χ2v) is 8.01. The van der Waals surface area contributed by atoms with E-state index in [0.29, 0.717) is 5.39 Å². The van der Waals surface area contributed by atoms with Crippen LogP contribution in [0.1, 0.15) is 20.8 Å². The minimum Gasteiger partial charge on any atom is -0.458 e. The summed E-state index contributed by atoms with van der Waals surface area (Å²) in [6.07, 6.45) is 0. The standard InChI is InChI=1S/C16H19NO4S/c1-16(2,3)21-15(18)14(17)22(19,20)13-10-6-8-11-7-4-5-9-12(11)13/h4-10,14H,17H2,1-3H3. The number of fused-ring (bicyclic) bond motifs is 1. The van der Waals surface area contributed by atoms with Gasteiger partial charge in [0.05, 0.1) is 4.90 Å². The summed E-state index contributed by atoms with van der Waals surface area (Å²) in [5.41, 5.74) is 4.86. The van der Waals surface area contributed by atoms with Crippen molar-refractivity contribution in [2.45, 2.75) is 36.6 Å². The number of carbonyl (C=O) groups is 1. The summed E-state index contributed by atoms with van der Waals surface area (Å²) in [5.74, 6) is -0.958. The van der Waals surface area contributed by atoms with Crippen LogP contribution in [0.15, 0.2) is 47.4 Å². The molecule has 0 aliphatic heterocycles. The smallest absolute Gasteiger partial charge is 0.339 e. The number of benzene rings is 2. The summed E-state index contributed by atoms with van der Waals surface area (Å²) >= 11 is 0. The molecule has 0 fully saturated rings. The highest BCUT2D eigenvalue weighted by Crippen LogP contribution is 2.25. The largest absolute Gasteiger partial charge is 0.458 e. The number of esters is 1. The van der Waals surface area contributed by atoms with E-state index in [2.05, 4.69) is 0 Å². The molecule has 2 rings (SSSR count). The van der Waals surface area contributed by atoms with Crippen molar-refractivity contribution < 1.29 is 17.9 Å². The molecule has 0 saturated carbocycles. The molecule has 0 saturated heterocycles. The van der Waals surface area contributed by atoms with Gasteiger partial charge in [0.2, 0.25) is 15.2 Å². The molecule has 6 heteroatoms. The Kier molecular flexibility index (Phi) is 4.26. The van der Waals surface area contributed by atoms with Crippen LogP contribution >= 0.6 is 0 Å². The van der Waals surface area contributed by atoms with E-state index in [1.54, 1.807) is 51.1 Å². The van der Waals surface area contributed by atoms with Crippen LogP contribution in [0.4, 0.5) is 0 Å². The first kappa shape index (κ1) is 16.5. The molecule has 0 amide bonds. The van der Waals surface area contributed by atoms with Crippen molar-refractivity contribution in [2.75, 3.05) is 0 Å². The monoisotopic (exact) mass is 321 g/mol. The van der Waals surface area contributed by atoms with Crippen LogP contribution in [-0.4, -0.2) is 25.4 Å². The van der Waals surface area contributed by atoms with Gasteiger partial charge in [0.15, 0.2) is 0 Å². The van der Waals surface area contributed by atoms with E-state index in [1.165, 1.54) is 6.07 Å². The molecule has 22 heavy (non-hydrogen) atoms. The van der Waals surface area contributed by atoms with Crippen molar-refractivity contribution in [1.82, 2.24) is 0 Å². The van der Waals surface area contributed by atoms with E-state index >= 15 is 0 Å². The fourth-order valence-electron chi connectivity index (χ4n) is 2.07. The zero-order chi connectivity index (χ0) is 16.5. The molecule has 0 aromatic heterocycles. The van der Waals surface area contributed by atoms with Gasteiger partial charge in [-0.25, -0.2) is 13.2 Å². The Morgan fingerprint density at radius 2 is 1.68 bits per heavy atom. The molecule has 2 N–H and O–H groups in total. The first-order chi connectivity index (χ1) is 10.1. The lowest BCUT2D eigenvalue weighted by atomic mass is 10.1. The van der Waals surface area contributed by atoms with Crippen LogP contribution in [0.3, 0.4) is 0 Å². The predicted octanol–water partition coefficient (Wildman–Crippen LogP) is 2.24. The van der Waals surface area contributed by atoms with Crippen LogP contribution in [-0.2, 0) is 19.4 Å². The molecule has 1 atom stereocenters. The Morgan fingerprint density at radius 3 is 2.32 bits per heavy atom. The third kappa shape index (κ3) is 3.28. The normalized spacial score (nSPS) is 13.8. The van der Waals surface area contributed by atoms with Crippen molar-refractivity contribution in [1.29, 1.82) is 0 Å². The van der Waals surface area contributed by atoms with E-state index in [-0.39, 0.29) is 4.90 Å². The fourth-order valence-corrected chi connectivity index (χ4v) is 3.40. The molecule has 2 aromatic carbocycles. The number of ether oxygens (including phenoxy) is 1. The number of hydrogen-bond donors (Lipinski definition) is 1. The molecule has 2 aromatic rings. The summed E-state index contributed by atoms with van der Waals surface area (Å²) in [6.45, 7) is 4.96. The van der Waals surface area contributed by atoms with Crippen molar-refractivity contribution in [3.8, 4) is 0 Å². The molecule has 0 bridgehead atoms. The molecule has 5 nitrogen and oxygen atoms in total. The average molecular weight is 321 g/mol. The lowest BCUT2D eigenvalue weighted by Crippen LogP contribution is -2.43. The molecule has 0 heterocycles. The zero-order valence-corrected chi connectivity index (χ0v) is 13.6. The van der Waals surface area contributed by atoms with E-state index in [0.717, 1.165) is 5.39 Å². The van der Waals surface area contributed by atoms with E-state index < -0.39 is 26.8 Å². The van der Waals surface area contributed by atoms with Gasteiger partial charge in [-0.1, -0.05) is 36.4 Å². The molecule has 0 radical (unpaired) electrons. The molecular formula is C16H19NO4S. The Labute approximate surface area is 130 Å². The quantitative estimate of drug-likeness (QED) is 0.876. The predicted molar refractivity (Wildman–Crippen MR) is 85.0 cm³/mol. The summed E-state index contributed by atoms with van der Waals surface area (Å²) in [6, 6.07) is 11.9. The third-order valence-electron chi connectivity index (χ3n) is 3.03. The third-order valence-corrected chi connectivity index (χ3v) is 4.86. The Hall–Kier alpha value is -1.92. The number of carbonyl (C=O) groups excluding carboxylic acids is 1. The van der Waals surface area contributed by atoms with Crippen molar-refractivity contribution in [3.05, 3.63) is 42.5 Å². The topological polar surface area (TPSA) is 86.5 Å². The molecule has 1 unspecified atom stereocenters. The van der Waals surface area contributed by atoms with Gasteiger partial charge >= 0.3 is 5.97 Å². The van der Waals surface area contributed by atoms with Gasteiger partial charge in [-0.3, -0.25) is 0 Å². The van der Waals surface area contributed by atoms with E-state index in [9.17, 15) is 13.2 Å². The SMILES string of the molecule is CC(C)(C)OC(=O)C(N)S(=O)(=O)c1cccc2ccccc12. The molecule has 0 spiro atoms. The van der Waals surface area contributed by atoms with Gasteiger partial charge in [0.1, 0.15) is 5.60 Å². The van der Waals surface area contributed by atoms with Crippen LogP contribution in [0.5, 0.6) is 0 Å². The number of nitrogens with two attached hydrogens (primary N) is 1. The highest BCUT2D eigenvalue weighted by molar-refractivity contribution is 7.93. The van der Waals surface area contributed by atoms with Crippen LogP contribution in [0.25, 0.3) is 10.8 Å². The van der Waals surface area contributed by atoms with Gasteiger partial charge in [-0.15, -0.1) is 0 Å². The number of hydrogen-bond acceptors (Lipinski definition) is 5. The van der Waals surface area contributed by atoms with E-state index in [4.69, 9.17) is 10.5 Å². The summed E-state index contributed by atoms with van der Waals surface area (Å²) in [5, 5.41) is -0.457. The Bertz CT molecular complexity index is 801. The number of sulfone groups is 1. The minimum atomic E-state index is -4.03. The summed E-state index contributed by atoms with van der Waals surface area (Å²) in [4.78, 5) is 12.0. The summed E-state index contributed by atoms with van der Waals surface area (Å²) < 4.78 is 30.4. The zero-order valence-electron chi connectivity index (χ0n) is 12.7. The van der Waals surface area contributed by atoms with Gasteiger partial charge < -0.3 is 10.5 Å². The van der Waals surface area contributed by atoms with Crippen LogP contribution in [0, 0.1) is 0 Å². The number of rotatable bonds is 3. The summed E-state index contributed by atoms with van der Waals surface area (Å²) in [7, 11) is -4.03. The Balaban J connectivity index is 2.47. The van der Waals surface area contributed by atoms with E-state index in [1.807, 2.05) is 6.07 Å². The van der Waals surface area contributed by atoms with Gasteiger partial charge in [0, 0.05) is 5.39 Å². The first-order valence-corrected chi connectivity index (χ1v) is 8.38.